The van der Waals surface area contributed by atoms with Gasteiger partial charge in [0, 0.05) is 47.3 Å². The Balaban J connectivity index is 1.57. The van der Waals surface area contributed by atoms with Crippen LogP contribution in [0.15, 0.2) is 70.0 Å². The predicted molar refractivity (Wildman–Crippen MR) is 150 cm³/mol. The number of nitrogens with zero attached hydrogens (tertiary/aromatic N) is 2. The van der Waals surface area contributed by atoms with Gasteiger partial charge < -0.3 is 9.64 Å². The molecule has 1 aliphatic heterocycles. The van der Waals surface area contributed by atoms with Crippen molar-refractivity contribution in [2.45, 2.75) is 31.2 Å². The molecule has 0 bridgehead atoms. The van der Waals surface area contributed by atoms with E-state index in [1.165, 1.54) is 21.3 Å². The smallest absolute Gasteiger partial charge is 0.253 e. The predicted octanol–water partition coefficient (Wildman–Crippen LogP) is 7.24. The quantitative estimate of drug-likeness (QED) is 0.278. The Hall–Kier alpha value is -2.10. The molecule has 1 aliphatic rings. The molecular weight excluding hydrogens is 599 g/mol. The van der Waals surface area contributed by atoms with Crippen molar-refractivity contribution in [1.29, 1.82) is 0 Å². The van der Waals surface area contributed by atoms with E-state index < -0.39 is 10.0 Å². The van der Waals surface area contributed by atoms with Crippen molar-refractivity contribution in [3.05, 3.63) is 86.3 Å². The number of carbonyl (C=O) groups is 1. The monoisotopic (exact) mass is 624 g/mol. The van der Waals surface area contributed by atoms with E-state index in [2.05, 4.69) is 15.9 Å². The topological polar surface area (TPSA) is 66.9 Å². The first-order valence-electron chi connectivity index (χ1n) is 11.8. The van der Waals surface area contributed by atoms with Crippen LogP contribution in [0.2, 0.25) is 10.0 Å². The van der Waals surface area contributed by atoms with Gasteiger partial charge in [-0.05, 0) is 67.3 Å². The van der Waals surface area contributed by atoms with Crippen molar-refractivity contribution >= 4 is 55.1 Å². The van der Waals surface area contributed by atoms with Gasteiger partial charge in [-0.25, -0.2) is 8.42 Å². The Morgan fingerprint density at radius 3 is 2.65 bits per heavy atom. The summed E-state index contributed by atoms with van der Waals surface area (Å²) in [5, 5.41) is 0.649. The average molecular weight is 626 g/mol. The lowest BCUT2D eigenvalue weighted by molar-refractivity contribution is 0.0784. The molecular formula is C27H27BrCl2N2O4S. The fourth-order valence-corrected chi connectivity index (χ4v) is 6.92. The summed E-state index contributed by atoms with van der Waals surface area (Å²) < 4.78 is 35.0. The third kappa shape index (κ3) is 6.67. The number of ether oxygens (including phenoxy) is 1. The number of carbonyl (C=O) groups excluding carboxylic acids is 1. The van der Waals surface area contributed by atoms with Crippen LogP contribution in [0.5, 0.6) is 11.5 Å². The second kappa shape index (κ2) is 11.7. The third-order valence-corrected chi connectivity index (χ3v) is 9.30. The summed E-state index contributed by atoms with van der Waals surface area (Å²) in [5.74, 6) is 1.07. The molecule has 3 aromatic carbocycles. The first-order valence-corrected chi connectivity index (χ1v) is 14.8. The first kappa shape index (κ1) is 27.9. The number of sulfonamides is 1. The average Bonchev–Trinajstić information content (AvgIpc) is 2.85. The minimum atomic E-state index is -3.82. The Morgan fingerprint density at radius 2 is 1.92 bits per heavy atom. The molecule has 0 spiro atoms. The van der Waals surface area contributed by atoms with Gasteiger partial charge in [-0.3, -0.25) is 4.79 Å². The van der Waals surface area contributed by atoms with Crippen molar-refractivity contribution in [2.75, 3.05) is 20.1 Å². The van der Waals surface area contributed by atoms with Crippen LogP contribution in [0.3, 0.4) is 0 Å². The molecule has 1 fully saturated rings. The standard InChI is InChI=1S/C27H27BrCl2N2O4S/c1-18-5-4-12-32(16-18)37(34,35)26-13-19(9-11-24(26)30)27(33)31(2)17-20-8-10-21(28)14-25(20)36-23-7-3-6-22(29)15-23/h3,6-11,13-15,18H,4-5,12,16-17H2,1-2H3. The maximum Gasteiger partial charge on any atom is 0.253 e. The maximum absolute atomic E-state index is 13.4. The Kier molecular flexibility index (Phi) is 8.86. The molecule has 10 heteroatoms. The number of amides is 1. The Morgan fingerprint density at radius 1 is 1.14 bits per heavy atom. The maximum atomic E-state index is 13.4. The Labute approximate surface area is 236 Å². The fourth-order valence-electron chi connectivity index (χ4n) is 4.30. The molecule has 1 unspecified atom stereocenters. The minimum Gasteiger partial charge on any atom is -0.457 e. The molecule has 0 radical (unpaired) electrons. The van der Waals surface area contributed by atoms with E-state index in [1.54, 1.807) is 37.4 Å². The molecule has 196 valence electrons. The van der Waals surface area contributed by atoms with Gasteiger partial charge in [0.1, 0.15) is 16.4 Å². The Bertz CT molecular complexity index is 1420. The second-order valence-corrected chi connectivity index (χ2v) is 12.9. The van der Waals surface area contributed by atoms with E-state index >= 15 is 0 Å². The molecule has 1 amide bonds. The molecule has 3 aromatic rings. The summed E-state index contributed by atoms with van der Waals surface area (Å²) in [5.41, 5.74) is 1.01. The number of benzene rings is 3. The lowest BCUT2D eigenvalue weighted by atomic mass is 10.0. The van der Waals surface area contributed by atoms with Gasteiger partial charge in [0.2, 0.25) is 10.0 Å². The molecule has 0 N–H and O–H groups in total. The number of piperidine rings is 1. The summed E-state index contributed by atoms with van der Waals surface area (Å²) in [6.07, 6.45) is 1.79. The van der Waals surface area contributed by atoms with Crippen LogP contribution in [-0.4, -0.2) is 43.7 Å². The van der Waals surface area contributed by atoms with Crippen LogP contribution < -0.4 is 4.74 Å². The van der Waals surface area contributed by atoms with E-state index in [0.717, 1.165) is 22.9 Å². The number of halogens is 3. The van der Waals surface area contributed by atoms with Crippen molar-refractivity contribution < 1.29 is 17.9 Å². The molecule has 1 atom stereocenters. The third-order valence-electron chi connectivity index (χ3n) is 6.22. The van der Waals surface area contributed by atoms with Crippen LogP contribution in [0.25, 0.3) is 0 Å². The van der Waals surface area contributed by atoms with E-state index in [9.17, 15) is 13.2 Å². The SMILES string of the molecule is CC1CCCN(S(=O)(=O)c2cc(C(=O)N(C)Cc3ccc(Br)cc3Oc3cccc(Cl)c3)ccc2Cl)C1. The van der Waals surface area contributed by atoms with Gasteiger partial charge in [-0.1, -0.05) is 58.2 Å². The van der Waals surface area contributed by atoms with Gasteiger partial charge in [-0.2, -0.15) is 4.31 Å². The van der Waals surface area contributed by atoms with E-state index in [1.807, 2.05) is 25.1 Å². The first-order chi connectivity index (χ1) is 17.5. The molecule has 0 saturated carbocycles. The lowest BCUT2D eigenvalue weighted by Crippen LogP contribution is -2.39. The zero-order valence-electron chi connectivity index (χ0n) is 20.5. The highest BCUT2D eigenvalue weighted by molar-refractivity contribution is 9.10. The van der Waals surface area contributed by atoms with Crippen LogP contribution >= 0.6 is 39.1 Å². The van der Waals surface area contributed by atoms with Crippen molar-refractivity contribution in [1.82, 2.24) is 9.21 Å². The molecule has 0 aromatic heterocycles. The highest BCUT2D eigenvalue weighted by atomic mass is 79.9. The van der Waals surface area contributed by atoms with Crippen molar-refractivity contribution in [3.63, 3.8) is 0 Å². The van der Waals surface area contributed by atoms with Gasteiger partial charge in [0.25, 0.3) is 5.91 Å². The van der Waals surface area contributed by atoms with Crippen LogP contribution in [0.1, 0.15) is 35.7 Å². The lowest BCUT2D eigenvalue weighted by Gasteiger charge is -2.30. The second-order valence-electron chi connectivity index (χ2n) is 9.23. The van der Waals surface area contributed by atoms with Crippen molar-refractivity contribution in [2.24, 2.45) is 5.92 Å². The minimum absolute atomic E-state index is 0.0452. The van der Waals surface area contributed by atoms with Gasteiger partial charge in [0.15, 0.2) is 0 Å². The summed E-state index contributed by atoms with van der Waals surface area (Å²) in [6.45, 7) is 3.15. The number of hydrogen-bond donors (Lipinski definition) is 0. The van der Waals surface area contributed by atoms with E-state index in [4.69, 9.17) is 27.9 Å². The van der Waals surface area contributed by atoms with Gasteiger partial charge >= 0.3 is 0 Å². The van der Waals surface area contributed by atoms with Crippen molar-refractivity contribution in [3.8, 4) is 11.5 Å². The van der Waals surface area contributed by atoms with E-state index in [0.29, 0.717) is 29.6 Å². The van der Waals surface area contributed by atoms with Crippen LogP contribution in [-0.2, 0) is 16.6 Å². The summed E-state index contributed by atoms with van der Waals surface area (Å²) in [7, 11) is -2.17. The molecule has 1 heterocycles. The highest BCUT2D eigenvalue weighted by Crippen LogP contribution is 2.32. The van der Waals surface area contributed by atoms with Crippen LogP contribution in [0.4, 0.5) is 0 Å². The molecule has 37 heavy (non-hydrogen) atoms. The highest BCUT2D eigenvalue weighted by Gasteiger charge is 2.31. The molecule has 6 nitrogen and oxygen atoms in total. The van der Waals surface area contributed by atoms with Crippen LogP contribution in [0, 0.1) is 5.92 Å². The molecule has 4 rings (SSSR count). The zero-order valence-corrected chi connectivity index (χ0v) is 24.4. The molecule has 1 saturated heterocycles. The largest absolute Gasteiger partial charge is 0.457 e. The zero-order chi connectivity index (χ0) is 26.7. The summed E-state index contributed by atoms with van der Waals surface area (Å²) >= 11 is 15.9. The van der Waals surface area contributed by atoms with Gasteiger partial charge in [0.05, 0.1) is 5.02 Å². The summed E-state index contributed by atoms with van der Waals surface area (Å²) in [4.78, 5) is 14.8. The number of rotatable bonds is 7. The molecule has 0 aliphatic carbocycles. The normalized spacial score (nSPS) is 16.4. The fraction of sp³-hybridized carbons (Fsp3) is 0.296. The van der Waals surface area contributed by atoms with Gasteiger partial charge in [-0.15, -0.1) is 0 Å². The summed E-state index contributed by atoms with van der Waals surface area (Å²) in [6, 6.07) is 17.0. The number of hydrogen-bond acceptors (Lipinski definition) is 4. The van der Waals surface area contributed by atoms with E-state index in [-0.39, 0.29) is 33.9 Å².